The van der Waals surface area contributed by atoms with Crippen LogP contribution in [-0.2, 0) is 0 Å². The summed E-state index contributed by atoms with van der Waals surface area (Å²) in [6.45, 7) is 1.95. The van der Waals surface area contributed by atoms with Gasteiger partial charge < -0.3 is 4.74 Å². The van der Waals surface area contributed by atoms with Crippen LogP contribution >= 0.6 is 22.9 Å². The van der Waals surface area contributed by atoms with Gasteiger partial charge in [0.2, 0.25) is 0 Å². The Bertz CT molecular complexity index is 1280. The van der Waals surface area contributed by atoms with Crippen molar-refractivity contribution < 1.29 is 14.3 Å². The zero-order chi connectivity index (χ0) is 21.8. The lowest BCUT2D eigenvalue weighted by molar-refractivity contribution is 0.0734. The number of aryl methyl sites for hydroxylation is 1. The first kappa shape index (κ1) is 20.8. The number of hydrogen-bond donors (Lipinski definition) is 1. The molecule has 1 N–H and O–H groups in total. The molecule has 0 atom stereocenters. The molecular weight excluding hydrogens is 432 g/mol. The normalized spacial score (nSPS) is 11.0. The first-order valence-electron chi connectivity index (χ1n) is 9.40. The number of nitrogens with zero attached hydrogens (tertiary/aromatic N) is 1. The minimum atomic E-state index is -0.422. The molecule has 7 heteroatoms. The summed E-state index contributed by atoms with van der Waals surface area (Å²) in [7, 11) is 0. The highest BCUT2D eigenvalue weighted by atomic mass is 35.5. The maximum Gasteiger partial charge on any atom is 0.343 e. The molecule has 1 aromatic heterocycles. The molecule has 5 nitrogen and oxygen atoms in total. The first-order valence-corrected chi connectivity index (χ1v) is 10.6. The van der Waals surface area contributed by atoms with Gasteiger partial charge in [0.05, 0.1) is 16.8 Å². The molecule has 4 aromatic rings. The molecule has 0 bridgehead atoms. The fraction of sp³-hybridized carbons (Fsp3) is 0.0417. The standard InChI is InChI=1S/C24H17ClN2O3S/c1-15-6-10-17(11-7-15)24(29)30-18-12-8-16(9-13-18)14-26-27-23(28)22-21(25)19-4-2-3-5-20(19)31-22/h2-14H,1H3,(H,27,28)/b26-14+. The number of ether oxygens (including phenoxy) is 1. The van der Waals surface area contributed by atoms with Crippen molar-refractivity contribution in [2.45, 2.75) is 6.92 Å². The van der Waals surface area contributed by atoms with Gasteiger partial charge in [-0.1, -0.05) is 47.5 Å². The van der Waals surface area contributed by atoms with Crippen LogP contribution in [0.2, 0.25) is 5.02 Å². The van der Waals surface area contributed by atoms with Crippen LogP contribution in [0.4, 0.5) is 0 Å². The molecule has 31 heavy (non-hydrogen) atoms. The fourth-order valence-corrected chi connectivity index (χ4v) is 4.26. The zero-order valence-corrected chi connectivity index (χ0v) is 18.0. The van der Waals surface area contributed by atoms with Crippen LogP contribution < -0.4 is 10.2 Å². The minimum Gasteiger partial charge on any atom is -0.423 e. The Kier molecular flexibility index (Phi) is 6.11. The van der Waals surface area contributed by atoms with Crippen LogP contribution in [0.3, 0.4) is 0 Å². The van der Waals surface area contributed by atoms with Gasteiger partial charge in [-0.3, -0.25) is 4.79 Å². The van der Waals surface area contributed by atoms with E-state index in [1.54, 1.807) is 36.4 Å². The average molecular weight is 449 g/mol. The molecule has 0 fully saturated rings. The van der Waals surface area contributed by atoms with Crippen molar-refractivity contribution in [2.75, 3.05) is 0 Å². The number of halogens is 1. The minimum absolute atomic E-state index is 0.369. The number of rotatable bonds is 5. The predicted molar refractivity (Wildman–Crippen MR) is 124 cm³/mol. The van der Waals surface area contributed by atoms with E-state index in [2.05, 4.69) is 10.5 Å². The number of benzene rings is 3. The summed E-state index contributed by atoms with van der Waals surface area (Å²) < 4.78 is 6.31. The first-order chi connectivity index (χ1) is 15.0. The number of esters is 1. The Hall–Kier alpha value is -3.48. The van der Waals surface area contributed by atoms with E-state index in [9.17, 15) is 9.59 Å². The van der Waals surface area contributed by atoms with Crippen molar-refractivity contribution in [1.29, 1.82) is 0 Å². The summed E-state index contributed by atoms with van der Waals surface area (Å²) in [6.07, 6.45) is 1.50. The molecular formula is C24H17ClN2O3S. The van der Waals surface area contributed by atoms with Crippen molar-refractivity contribution in [3.63, 3.8) is 0 Å². The Morgan fingerprint density at radius 2 is 1.71 bits per heavy atom. The summed E-state index contributed by atoms with van der Waals surface area (Å²) in [5.74, 6) is -0.371. The van der Waals surface area contributed by atoms with Crippen LogP contribution in [-0.4, -0.2) is 18.1 Å². The number of hydrazone groups is 1. The van der Waals surface area contributed by atoms with E-state index in [0.717, 1.165) is 21.2 Å². The Morgan fingerprint density at radius 3 is 2.42 bits per heavy atom. The number of fused-ring (bicyclic) bond motifs is 1. The van der Waals surface area contributed by atoms with Crippen LogP contribution in [0.1, 0.15) is 31.2 Å². The Morgan fingerprint density at radius 1 is 1.00 bits per heavy atom. The highest BCUT2D eigenvalue weighted by Gasteiger charge is 2.16. The molecule has 0 aliphatic rings. The van der Waals surface area contributed by atoms with E-state index in [1.807, 2.05) is 43.3 Å². The van der Waals surface area contributed by atoms with E-state index in [0.29, 0.717) is 21.2 Å². The van der Waals surface area contributed by atoms with Gasteiger partial charge in [0.15, 0.2) is 0 Å². The van der Waals surface area contributed by atoms with Crippen molar-refractivity contribution in [1.82, 2.24) is 5.43 Å². The van der Waals surface area contributed by atoms with Gasteiger partial charge in [0.1, 0.15) is 10.6 Å². The highest BCUT2D eigenvalue weighted by Crippen LogP contribution is 2.34. The number of nitrogens with one attached hydrogen (secondary N) is 1. The molecule has 0 aliphatic heterocycles. The second kappa shape index (κ2) is 9.12. The third-order valence-corrected chi connectivity index (χ3v) is 6.17. The third kappa shape index (κ3) is 4.82. The number of carbonyl (C=O) groups is 2. The maximum atomic E-state index is 12.4. The molecule has 0 unspecified atom stereocenters. The topological polar surface area (TPSA) is 67.8 Å². The number of carbonyl (C=O) groups excluding carboxylic acids is 2. The van der Waals surface area contributed by atoms with Crippen molar-refractivity contribution >= 4 is 51.1 Å². The largest absolute Gasteiger partial charge is 0.423 e. The van der Waals surface area contributed by atoms with Crippen LogP contribution in [0.25, 0.3) is 10.1 Å². The number of thiophene rings is 1. The maximum absolute atomic E-state index is 12.4. The molecule has 0 saturated heterocycles. The van der Waals surface area contributed by atoms with Gasteiger partial charge in [-0.05, 0) is 55.0 Å². The van der Waals surface area contributed by atoms with Crippen molar-refractivity contribution in [3.05, 3.63) is 99.4 Å². The summed E-state index contributed by atoms with van der Waals surface area (Å²) in [5.41, 5.74) is 4.78. The lowest BCUT2D eigenvalue weighted by atomic mass is 10.1. The molecule has 4 rings (SSSR count). The van der Waals surface area contributed by atoms with E-state index in [1.165, 1.54) is 17.6 Å². The van der Waals surface area contributed by atoms with Crippen LogP contribution in [0.5, 0.6) is 5.75 Å². The number of amides is 1. The lowest BCUT2D eigenvalue weighted by Gasteiger charge is -2.05. The quantitative estimate of drug-likeness (QED) is 0.180. The van der Waals surface area contributed by atoms with E-state index in [4.69, 9.17) is 16.3 Å². The van der Waals surface area contributed by atoms with Crippen molar-refractivity contribution in [2.24, 2.45) is 5.10 Å². The molecule has 0 saturated carbocycles. The second-order valence-corrected chi connectivity index (χ2v) is 8.20. The van der Waals surface area contributed by atoms with Crippen molar-refractivity contribution in [3.8, 4) is 5.75 Å². The molecule has 1 amide bonds. The number of hydrogen-bond acceptors (Lipinski definition) is 5. The Balaban J connectivity index is 1.37. The van der Waals surface area contributed by atoms with Crippen LogP contribution in [0.15, 0.2) is 77.9 Å². The fourth-order valence-electron chi connectivity index (χ4n) is 2.85. The Labute approximate surface area is 187 Å². The van der Waals surface area contributed by atoms with Gasteiger partial charge in [0, 0.05) is 10.1 Å². The summed E-state index contributed by atoms with van der Waals surface area (Å²) in [5, 5.41) is 5.26. The zero-order valence-electron chi connectivity index (χ0n) is 16.5. The molecule has 3 aromatic carbocycles. The monoisotopic (exact) mass is 448 g/mol. The molecule has 1 heterocycles. The molecule has 0 aliphatic carbocycles. The van der Waals surface area contributed by atoms with E-state index >= 15 is 0 Å². The SMILES string of the molecule is Cc1ccc(C(=O)Oc2ccc(/C=N/NC(=O)c3sc4ccccc4c3Cl)cc2)cc1. The third-order valence-electron chi connectivity index (χ3n) is 4.50. The molecule has 0 radical (unpaired) electrons. The summed E-state index contributed by atoms with van der Waals surface area (Å²) >= 11 is 7.63. The molecule has 0 spiro atoms. The molecule has 154 valence electrons. The highest BCUT2D eigenvalue weighted by molar-refractivity contribution is 7.21. The van der Waals surface area contributed by atoms with E-state index in [-0.39, 0.29) is 5.91 Å². The van der Waals surface area contributed by atoms with Gasteiger partial charge >= 0.3 is 5.97 Å². The second-order valence-electron chi connectivity index (χ2n) is 6.77. The van der Waals surface area contributed by atoms with Crippen LogP contribution in [0, 0.1) is 6.92 Å². The summed E-state index contributed by atoms with van der Waals surface area (Å²) in [6, 6.07) is 21.5. The van der Waals surface area contributed by atoms with Gasteiger partial charge in [-0.25, -0.2) is 10.2 Å². The average Bonchev–Trinajstić information content (AvgIpc) is 3.12. The smallest absolute Gasteiger partial charge is 0.343 e. The summed E-state index contributed by atoms with van der Waals surface area (Å²) in [4.78, 5) is 25.0. The van der Waals surface area contributed by atoms with Gasteiger partial charge in [0.25, 0.3) is 5.91 Å². The predicted octanol–water partition coefficient (Wildman–Crippen LogP) is 5.85. The van der Waals surface area contributed by atoms with Gasteiger partial charge in [-0.15, -0.1) is 11.3 Å². The van der Waals surface area contributed by atoms with E-state index < -0.39 is 5.97 Å². The van der Waals surface area contributed by atoms with Gasteiger partial charge in [-0.2, -0.15) is 5.10 Å². The lowest BCUT2D eigenvalue weighted by Crippen LogP contribution is -2.16.